The first-order chi connectivity index (χ1) is 15.0. The summed E-state index contributed by atoms with van der Waals surface area (Å²) >= 11 is 3.43. The van der Waals surface area contributed by atoms with Crippen molar-refractivity contribution >= 4 is 33.9 Å². The molecule has 4 rings (SSSR count). The highest BCUT2D eigenvalue weighted by Gasteiger charge is 2.25. The first kappa shape index (κ1) is 20.8. The number of aliphatic imine (C=N–C) groups is 1. The molecular formula is C24H17BrFNO4. The molecule has 0 aliphatic carbocycles. The molecule has 1 aliphatic heterocycles. The number of halogens is 2. The summed E-state index contributed by atoms with van der Waals surface area (Å²) in [5.41, 5.74) is 2.42. The summed E-state index contributed by atoms with van der Waals surface area (Å²) in [5.74, 6) is 0.448. The van der Waals surface area contributed by atoms with Crippen molar-refractivity contribution in [1.82, 2.24) is 0 Å². The number of nitrogens with zero attached hydrogens (tertiary/aromatic N) is 1. The fraction of sp³-hybridized carbons (Fsp3) is 0.0833. The highest BCUT2D eigenvalue weighted by atomic mass is 79.9. The van der Waals surface area contributed by atoms with Gasteiger partial charge in [-0.25, -0.2) is 14.2 Å². The Labute approximate surface area is 186 Å². The third-order valence-corrected chi connectivity index (χ3v) is 5.21. The number of hydrogen-bond donors (Lipinski definition) is 0. The quantitative estimate of drug-likeness (QED) is 0.343. The van der Waals surface area contributed by atoms with Crippen molar-refractivity contribution in [1.29, 1.82) is 0 Å². The van der Waals surface area contributed by atoms with Gasteiger partial charge in [-0.15, -0.1) is 0 Å². The number of esters is 1. The minimum atomic E-state index is -0.527. The van der Waals surface area contributed by atoms with Gasteiger partial charge in [-0.3, -0.25) is 0 Å². The lowest BCUT2D eigenvalue weighted by molar-refractivity contribution is -0.129. The summed E-state index contributed by atoms with van der Waals surface area (Å²) in [7, 11) is 1.53. The van der Waals surface area contributed by atoms with E-state index in [0.29, 0.717) is 22.6 Å². The van der Waals surface area contributed by atoms with Crippen LogP contribution in [0.2, 0.25) is 0 Å². The molecule has 0 saturated heterocycles. The minimum absolute atomic E-state index is 0.188. The molecule has 156 valence electrons. The van der Waals surface area contributed by atoms with Crippen molar-refractivity contribution in [3.8, 4) is 11.5 Å². The molecule has 0 radical (unpaired) electrons. The first-order valence-corrected chi connectivity index (χ1v) is 10.2. The van der Waals surface area contributed by atoms with E-state index in [1.54, 1.807) is 36.4 Å². The molecule has 0 amide bonds. The lowest BCUT2D eigenvalue weighted by atomic mass is 10.1. The molecule has 0 fully saturated rings. The van der Waals surface area contributed by atoms with Crippen molar-refractivity contribution in [3.63, 3.8) is 0 Å². The van der Waals surface area contributed by atoms with E-state index in [9.17, 15) is 9.18 Å². The number of ether oxygens (including phenoxy) is 3. The first-order valence-electron chi connectivity index (χ1n) is 9.36. The SMILES string of the molecule is COc1cc(/C=C2\N=C(c3ccccc3Br)OC2=O)ccc1OCc1ccc(F)cc1. The van der Waals surface area contributed by atoms with Crippen LogP contribution in [0.15, 0.2) is 81.9 Å². The van der Waals surface area contributed by atoms with E-state index in [4.69, 9.17) is 14.2 Å². The van der Waals surface area contributed by atoms with Gasteiger partial charge in [0.05, 0.1) is 12.7 Å². The molecule has 0 saturated carbocycles. The molecule has 3 aromatic rings. The fourth-order valence-electron chi connectivity index (χ4n) is 2.95. The maximum atomic E-state index is 13.0. The fourth-order valence-corrected chi connectivity index (χ4v) is 3.41. The molecule has 0 spiro atoms. The molecule has 0 bridgehead atoms. The van der Waals surface area contributed by atoms with Crippen LogP contribution in [0.4, 0.5) is 4.39 Å². The zero-order chi connectivity index (χ0) is 21.8. The number of carbonyl (C=O) groups excluding carboxylic acids is 1. The van der Waals surface area contributed by atoms with Gasteiger partial charge in [0, 0.05) is 4.47 Å². The van der Waals surface area contributed by atoms with Crippen LogP contribution in [-0.4, -0.2) is 19.0 Å². The smallest absolute Gasteiger partial charge is 0.363 e. The van der Waals surface area contributed by atoms with Gasteiger partial charge in [0.15, 0.2) is 17.2 Å². The second kappa shape index (κ2) is 9.14. The van der Waals surface area contributed by atoms with Gasteiger partial charge in [-0.05, 0) is 69.5 Å². The summed E-state index contributed by atoms with van der Waals surface area (Å²) in [4.78, 5) is 16.6. The van der Waals surface area contributed by atoms with Crippen molar-refractivity contribution in [3.05, 3.63) is 99.4 Å². The van der Waals surface area contributed by atoms with Gasteiger partial charge in [0.2, 0.25) is 5.90 Å². The van der Waals surface area contributed by atoms with E-state index >= 15 is 0 Å². The van der Waals surface area contributed by atoms with Crippen molar-refractivity contribution in [2.24, 2.45) is 4.99 Å². The average Bonchev–Trinajstić information content (AvgIpc) is 3.14. The van der Waals surface area contributed by atoms with E-state index in [-0.39, 0.29) is 24.0 Å². The van der Waals surface area contributed by atoms with E-state index in [1.807, 2.05) is 24.3 Å². The predicted octanol–water partition coefficient (Wildman–Crippen LogP) is 5.52. The maximum Gasteiger partial charge on any atom is 0.363 e. The lowest BCUT2D eigenvalue weighted by Crippen LogP contribution is -2.05. The van der Waals surface area contributed by atoms with Gasteiger partial charge in [-0.1, -0.05) is 30.3 Å². The number of hydrogen-bond acceptors (Lipinski definition) is 5. The number of cyclic esters (lactones) is 1. The van der Waals surface area contributed by atoms with Crippen molar-refractivity contribution in [2.45, 2.75) is 6.61 Å². The standard InChI is InChI=1S/C24H17BrFNO4/c1-29-22-13-16(8-11-21(22)30-14-15-6-9-17(26)10-7-15)12-20-24(28)31-23(27-20)18-4-2-3-5-19(18)25/h2-13H,14H2,1H3/b20-12-. The zero-order valence-corrected chi connectivity index (χ0v) is 18.1. The second-order valence-corrected chi connectivity index (χ2v) is 7.50. The van der Waals surface area contributed by atoms with Crippen LogP contribution in [-0.2, 0) is 16.1 Å². The van der Waals surface area contributed by atoms with Gasteiger partial charge in [0.1, 0.15) is 12.4 Å². The summed E-state index contributed by atoms with van der Waals surface area (Å²) < 4.78 is 30.4. The van der Waals surface area contributed by atoms with E-state index in [0.717, 1.165) is 10.0 Å². The van der Waals surface area contributed by atoms with Gasteiger partial charge in [0.25, 0.3) is 0 Å². The van der Waals surface area contributed by atoms with Gasteiger partial charge < -0.3 is 14.2 Å². The Hall–Kier alpha value is -3.45. The van der Waals surface area contributed by atoms with Crippen LogP contribution in [0.3, 0.4) is 0 Å². The predicted molar refractivity (Wildman–Crippen MR) is 118 cm³/mol. The number of carbonyl (C=O) groups is 1. The molecule has 0 aromatic heterocycles. The molecule has 5 nitrogen and oxygen atoms in total. The largest absolute Gasteiger partial charge is 0.493 e. The van der Waals surface area contributed by atoms with Gasteiger partial charge in [-0.2, -0.15) is 0 Å². The van der Waals surface area contributed by atoms with Crippen LogP contribution < -0.4 is 9.47 Å². The third-order valence-electron chi connectivity index (χ3n) is 4.52. The van der Waals surface area contributed by atoms with E-state index in [1.165, 1.54) is 19.2 Å². The van der Waals surface area contributed by atoms with Crippen LogP contribution in [0.5, 0.6) is 11.5 Å². The van der Waals surface area contributed by atoms with Crippen molar-refractivity contribution < 1.29 is 23.4 Å². The van der Waals surface area contributed by atoms with E-state index < -0.39 is 5.97 Å². The monoisotopic (exact) mass is 481 g/mol. The number of rotatable bonds is 6. The normalized spacial score (nSPS) is 14.4. The number of benzene rings is 3. The Morgan fingerprint density at radius 2 is 1.84 bits per heavy atom. The van der Waals surface area contributed by atoms with E-state index in [2.05, 4.69) is 20.9 Å². The highest BCUT2D eigenvalue weighted by Crippen LogP contribution is 2.31. The highest BCUT2D eigenvalue weighted by molar-refractivity contribution is 9.10. The molecule has 0 atom stereocenters. The molecule has 1 aliphatic rings. The third kappa shape index (κ3) is 4.83. The number of methoxy groups -OCH3 is 1. The second-order valence-electron chi connectivity index (χ2n) is 6.64. The Balaban J connectivity index is 1.54. The summed E-state index contributed by atoms with van der Waals surface area (Å²) in [5, 5.41) is 0. The molecule has 31 heavy (non-hydrogen) atoms. The Bertz CT molecular complexity index is 1190. The molecule has 1 heterocycles. The zero-order valence-electron chi connectivity index (χ0n) is 16.5. The molecule has 3 aromatic carbocycles. The molecule has 0 unspecified atom stereocenters. The van der Waals surface area contributed by atoms with Crippen LogP contribution in [0.25, 0.3) is 6.08 Å². The summed E-state index contributed by atoms with van der Waals surface area (Å²) in [6, 6.07) is 18.7. The maximum absolute atomic E-state index is 13.0. The molecule has 0 N–H and O–H groups in total. The summed E-state index contributed by atoms with van der Waals surface area (Å²) in [6.45, 7) is 0.267. The van der Waals surface area contributed by atoms with Crippen LogP contribution in [0.1, 0.15) is 16.7 Å². The van der Waals surface area contributed by atoms with Crippen LogP contribution >= 0.6 is 15.9 Å². The Morgan fingerprint density at radius 3 is 2.58 bits per heavy atom. The molecule has 7 heteroatoms. The topological polar surface area (TPSA) is 57.1 Å². The Morgan fingerprint density at radius 1 is 1.06 bits per heavy atom. The minimum Gasteiger partial charge on any atom is -0.493 e. The van der Waals surface area contributed by atoms with Crippen molar-refractivity contribution in [2.75, 3.05) is 7.11 Å². The lowest BCUT2D eigenvalue weighted by Gasteiger charge is -2.11. The van der Waals surface area contributed by atoms with Gasteiger partial charge >= 0.3 is 5.97 Å². The average molecular weight is 482 g/mol. The van der Waals surface area contributed by atoms with Crippen LogP contribution in [0, 0.1) is 5.82 Å². The Kier molecular flexibility index (Phi) is 6.13. The molecular weight excluding hydrogens is 465 g/mol. The summed E-state index contributed by atoms with van der Waals surface area (Å²) in [6.07, 6.45) is 1.62.